The second-order valence-corrected chi connectivity index (χ2v) is 2.36. The number of hydrogen-bond acceptors (Lipinski definition) is 4. The summed E-state index contributed by atoms with van der Waals surface area (Å²) in [6.45, 7) is 2.26. The van der Waals surface area contributed by atoms with E-state index in [2.05, 4.69) is 20.9 Å². The van der Waals surface area contributed by atoms with Gasteiger partial charge in [-0.2, -0.15) is 0 Å². The maximum absolute atomic E-state index is 10.6. The van der Waals surface area contributed by atoms with Gasteiger partial charge in [-0.15, -0.1) is 0 Å². The van der Waals surface area contributed by atoms with Crippen LogP contribution in [-0.2, 0) is 18.6 Å². The fraction of sp³-hybridized carbons (Fsp3) is 0.714. The molecule has 4 nitrogen and oxygen atoms in total. The molecule has 0 aliphatic carbocycles. The summed E-state index contributed by atoms with van der Waals surface area (Å²) >= 11 is 4.64. The second-order valence-electron chi connectivity index (χ2n) is 2.21. The summed E-state index contributed by atoms with van der Waals surface area (Å²) in [6.07, 6.45) is 2.73. The number of unbranched alkanes of at least 4 members (excludes halogenated alkanes) is 2. The molecule has 0 heterocycles. The van der Waals surface area contributed by atoms with E-state index in [9.17, 15) is 9.59 Å². The number of hydrogen-bond donors (Lipinski definition) is 0. The van der Waals surface area contributed by atoms with Crippen LogP contribution in [0.1, 0.15) is 26.2 Å². The topological polar surface area (TPSA) is 52.6 Å². The first-order valence-corrected chi connectivity index (χ1v) is 4.03. The van der Waals surface area contributed by atoms with E-state index in [1.54, 1.807) is 0 Å². The average molecular weight is 195 g/mol. The molecular weight excluding hydrogens is 184 g/mol. The highest BCUT2D eigenvalue weighted by atomic mass is 35.5. The van der Waals surface area contributed by atoms with Gasteiger partial charge in [0.1, 0.15) is 11.9 Å². The molecule has 0 aromatic rings. The molecule has 0 unspecified atom stereocenters. The molecule has 0 atom stereocenters. The van der Waals surface area contributed by atoms with Gasteiger partial charge in [0.25, 0.3) is 0 Å². The maximum Gasteiger partial charge on any atom is 0.435 e. The monoisotopic (exact) mass is 194 g/mol. The van der Waals surface area contributed by atoms with Crippen molar-refractivity contribution in [1.29, 1.82) is 0 Å². The molecular formula is C7H11ClO4. The molecule has 5 heteroatoms. The van der Waals surface area contributed by atoms with E-state index in [0.29, 0.717) is 0 Å². The standard InChI is InChI=1S/C7H11ClO4/c1-2-3-4-5-11-6(9)7(10)12-8/h2-5H2,1H3. The van der Waals surface area contributed by atoms with Crippen LogP contribution >= 0.6 is 11.9 Å². The third-order valence-electron chi connectivity index (χ3n) is 1.22. The Labute approximate surface area is 76.0 Å². The van der Waals surface area contributed by atoms with Crippen molar-refractivity contribution in [2.45, 2.75) is 26.2 Å². The van der Waals surface area contributed by atoms with Crippen molar-refractivity contribution >= 4 is 23.8 Å². The van der Waals surface area contributed by atoms with Crippen LogP contribution in [0.25, 0.3) is 0 Å². The van der Waals surface area contributed by atoms with E-state index in [-0.39, 0.29) is 6.61 Å². The van der Waals surface area contributed by atoms with E-state index in [1.807, 2.05) is 6.92 Å². The zero-order valence-corrected chi connectivity index (χ0v) is 7.60. The van der Waals surface area contributed by atoms with Crippen LogP contribution < -0.4 is 0 Å². The number of ether oxygens (including phenoxy) is 1. The lowest BCUT2D eigenvalue weighted by Crippen LogP contribution is -2.17. The Kier molecular flexibility index (Phi) is 6.47. The number of rotatable bonds is 4. The van der Waals surface area contributed by atoms with Crippen LogP contribution in [0.5, 0.6) is 0 Å². The summed E-state index contributed by atoms with van der Waals surface area (Å²) in [4.78, 5) is 20.9. The van der Waals surface area contributed by atoms with Crippen LogP contribution in [-0.4, -0.2) is 18.5 Å². The molecule has 0 rings (SSSR count). The number of esters is 1. The molecule has 12 heavy (non-hydrogen) atoms. The van der Waals surface area contributed by atoms with E-state index in [1.165, 1.54) is 0 Å². The zero-order chi connectivity index (χ0) is 9.40. The van der Waals surface area contributed by atoms with E-state index >= 15 is 0 Å². The summed E-state index contributed by atoms with van der Waals surface area (Å²) < 4.78 is 8.13. The largest absolute Gasteiger partial charge is 0.457 e. The van der Waals surface area contributed by atoms with Crippen molar-refractivity contribution in [3.63, 3.8) is 0 Å². The van der Waals surface area contributed by atoms with E-state index < -0.39 is 11.9 Å². The molecule has 0 aromatic heterocycles. The minimum Gasteiger partial charge on any atom is -0.457 e. The smallest absolute Gasteiger partial charge is 0.435 e. The zero-order valence-electron chi connectivity index (χ0n) is 6.84. The van der Waals surface area contributed by atoms with Gasteiger partial charge >= 0.3 is 11.9 Å². The van der Waals surface area contributed by atoms with Gasteiger partial charge in [-0.1, -0.05) is 19.8 Å². The number of carbonyl (C=O) groups excluding carboxylic acids is 2. The van der Waals surface area contributed by atoms with Gasteiger partial charge in [0, 0.05) is 0 Å². The summed E-state index contributed by atoms with van der Waals surface area (Å²) in [5.74, 6) is -2.21. The quantitative estimate of drug-likeness (QED) is 0.386. The highest BCUT2D eigenvalue weighted by molar-refractivity contribution is 6.35. The molecule has 0 fully saturated rings. The Bertz CT molecular complexity index is 157. The molecule has 0 spiro atoms. The van der Waals surface area contributed by atoms with E-state index in [0.717, 1.165) is 19.3 Å². The number of carbonyl (C=O) groups is 2. The molecule has 0 aliphatic heterocycles. The Morgan fingerprint density at radius 1 is 1.25 bits per heavy atom. The van der Waals surface area contributed by atoms with Crippen LogP contribution in [0.2, 0.25) is 0 Å². The minimum absolute atomic E-state index is 0.235. The lowest BCUT2D eigenvalue weighted by atomic mass is 10.3. The molecule has 0 radical (unpaired) electrons. The second kappa shape index (κ2) is 6.91. The molecule has 0 aliphatic rings. The first-order chi connectivity index (χ1) is 5.72. The SMILES string of the molecule is CCCCCOC(=O)C(=O)OCl. The first-order valence-electron chi connectivity index (χ1n) is 3.72. The molecule has 0 saturated carbocycles. The van der Waals surface area contributed by atoms with Gasteiger partial charge in [0.15, 0.2) is 0 Å². The summed E-state index contributed by atoms with van der Waals surface area (Å²) in [5.41, 5.74) is 0. The predicted molar refractivity (Wildman–Crippen MR) is 42.4 cm³/mol. The van der Waals surface area contributed by atoms with Gasteiger partial charge < -0.3 is 9.03 Å². The Morgan fingerprint density at radius 3 is 2.42 bits per heavy atom. The third kappa shape index (κ3) is 4.96. The van der Waals surface area contributed by atoms with Crippen molar-refractivity contribution < 1.29 is 18.6 Å². The van der Waals surface area contributed by atoms with Crippen molar-refractivity contribution in [3.05, 3.63) is 0 Å². The molecule has 0 saturated heterocycles. The Morgan fingerprint density at radius 2 is 1.92 bits per heavy atom. The third-order valence-corrected chi connectivity index (χ3v) is 1.36. The molecule has 70 valence electrons. The lowest BCUT2D eigenvalue weighted by Gasteiger charge is -2.00. The maximum atomic E-state index is 10.6. The van der Waals surface area contributed by atoms with Gasteiger partial charge in [-0.25, -0.2) is 9.59 Å². The Balaban J connectivity index is 3.38. The molecule has 0 N–H and O–H groups in total. The van der Waals surface area contributed by atoms with Gasteiger partial charge in [-0.3, -0.25) is 0 Å². The van der Waals surface area contributed by atoms with Crippen LogP contribution in [0.4, 0.5) is 0 Å². The molecule has 0 amide bonds. The number of halogens is 1. The highest BCUT2D eigenvalue weighted by Gasteiger charge is 2.15. The van der Waals surface area contributed by atoms with Crippen LogP contribution in [0.3, 0.4) is 0 Å². The first kappa shape index (κ1) is 11.2. The Hall–Kier alpha value is -0.770. The van der Waals surface area contributed by atoms with Gasteiger partial charge in [-0.05, 0) is 6.42 Å². The van der Waals surface area contributed by atoms with Crippen molar-refractivity contribution in [2.24, 2.45) is 0 Å². The fourth-order valence-corrected chi connectivity index (χ4v) is 0.670. The summed E-state index contributed by atoms with van der Waals surface area (Å²) in [5, 5.41) is 0. The average Bonchev–Trinajstić information content (AvgIpc) is 2.10. The summed E-state index contributed by atoms with van der Waals surface area (Å²) in [7, 11) is 0. The van der Waals surface area contributed by atoms with Crippen molar-refractivity contribution in [2.75, 3.05) is 6.61 Å². The van der Waals surface area contributed by atoms with Gasteiger partial charge in [0.2, 0.25) is 0 Å². The van der Waals surface area contributed by atoms with Gasteiger partial charge in [0.05, 0.1) is 6.61 Å². The highest BCUT2D eigenvalue weighted by Crippen LogP contribution is 1.95. The summed E-state index contributed by atoms with van der Waals surface area (Å²) in [6, 6.07) is 0. The van der Waals surface area contributed by atoms with Crippen LogP contribution in [0, 0.1) is 0 Å². The molecule has 0 bridgehead atoms. The minimum atomic E-state index is -1.17. The normalized spacial score (nSPS) is 9.17. The predicted octanol–water partition coefficient (Wildman–Crippen LogP) is 1.42. The van der Waals surface area contributed by atoms with Crippen LogP contribution in [0.15, 0.2) is 0 Å². The molecule has 0 aromatic carbocycles. The van der Waals surface area contributed by atoms with E-state index in [4.69, 9.17) is 0 Å². The van der Waals surface area contributed by atoms with Crippen molar-refractivity contribution in [3.8, 4) is 0 Å². The lowest BCUT2D eigenvalue weighted by molar-refractivity contribution is -0.162. The fourth-order valence-electron chi connectivity index (χ4n) is 0.607. The van der Waals surface area contributed by atoms with Crippen molar-refractivity contribution in [1.82, 2.24) is 0 Å².